The molecule has 0 aromatic carbocycles. The summed E-state index contributed by atoms with van der Waals surface area (Å²) in [5.41, 5.74) is -0.727. The Morgan fingerprint density at radius 2 is 2.39 bits per heavy atom. The second-order valence-electron chi connectivity index (χ2n) is 5.80. The van der Waals surface area contributed by atoms with Crippen LogP contribution < -0.4 is 10.2 Å². The van der Waals surface area contributed by atoms with Gasteiger partial charge in [0.25, 0.3) is 5.91 Å². The molecule has 1 aliphatic heterocycles. The average molecular weight is 316 g/mol. The van der Waals surface area contributed by atoms with Crippen molar-refractivity contribution in [3.05, 3.63) is 41.9 Å². The van der Waals surface area contributed by atoms with Crippen molar-refractivity contribution in [2.45, 2.75) is 25.4 Å². The van der Waals surface area contributed by atoms with Crippen LogP contribution in [-0.2, 0) is 6.42 Å². The summed E-state index contributed by atoms with van der Waals surface area (Å²) in [6.45, 7) is 3.23. The molecule has 0 bridgehead atoms. The lowest BCUT2D eigenvalue weighted by Gasteiger charge is -2.24. The largest absolute Gasteiger partial charge is 0.386 e. The lowest BCUT2D eigenvalue weighted by molar-refractivity contribution is 0.0573. The number of carbonyl (C=O) groups is 1. The van der Waals surface area contributed by atoms with Crippen molar-refractivity contribution in [3.63, 3.8) is 0 Å². The van der Waals surface area contributed by atoms with Crippen molar-refractivity contribution in [2.24, 2.45) is 0 Å². The number of aryl methyl sites for hydroxylation is 1. The van der Waals surface area contributed by atoms with Crippen LogP contribution in [0, 0.1) is 0 Å². The van der Waals surface area contributed by atoms with Crippen molar-refractivity contribution < 1.29 is 14.4 Å². The SMILES string of the molecule is CCc1cc(C(=O)NC[C@@]2(O)CCN(c3ccccn3)C2)no1. The van der Waals surface area contributed by atoms with E-state index in [4.69, 9.17) is 4.52 Å². The zero-order valence-electron chi connectivity index (χ0n) is 13.0. The van der Waals surface area contributed by atoms with Gasteiger partial charge in [0.05, 0.1) is 0 Å². The highest BCUT2D eigenvalue weighted by Crippen LogP contribution is 2.24. The number of nitrogens with one attached hydrogen (secondary N) is 1. The molecule has 7 nitrogen and oxygen atoms in total. The molecule has 0 unspecified atom stereocenters. The average Bonchev–Trinajstić information content (AvgIpc) is 3.21. The topological polar surface area (TPSA) is 91.5 Å². The predicted molar refractivity (Wildman–Crippen MR) is 84.2 cm³/mol. The molecule has 1 aliphatic rings. The third-order valence-electron chi connectivity index (χ3n) is 4.02. The van der Waals surface area contributed by atoms with E-state index in [1.165, 1.54) is 0 Å². The first-order valence-corrected chi connectivity index (χ1v) is 7.72. The third kappa shape index (κ3) is 3.50. The van der Waals surface area contributed by atoms with Crippen molar-refractivity contribution >= 4 is 11.7 Å². The number of carbonyl (C=O) groups excluding carboxylic acids is 1. The minimum atomic E-state index is -0.968. The van der Waals surface area contributed by atoms with Gasteiger partial charge in [0.2, 0.25) is 0 Å². The molecule has 1 fully saturated rings. The number of nitrogens with zero attached hydrogens (tertiary/aromatic N) is 3. The number of hydrogen-bond acceptors (Lipinski definition) is 6. The van der Waals surface area contributed by atoms with E-state index in [0.29, 0.717) is 31.7 Å². The van der Waals surface area contributed by atoms with Gasteiger partial charge in [-0.25, -0.2) is 4.98 Å². The lowest BCUT2D eigenvalue weighted by atomic mass is 10.0. The lowest BCUT2D eigenvalue weighted by Crippen LogP contribution is -2.45. The first kappa shape index (κ1) is 15.5. The van der Waals surface area contributed by atoms with E-state index in [2.05, 4.69) is 15.5 Å². The molecule has 122 valence electrons. The maximum atomic E-state index is 12.1. The van der Waals surface area contributed by atoms with E-state index in [0.717, 1.165) is 5.82 Å². The predicted octanol–water partition coefficient (Wildman–Crippen LogP) is 1.00. The first-order valence-electron chi connectivity index (χ1n) is 7.72. The normalized spacial score (nSPS) is 20.7. The molecule has 0 aliphatic carbocycles. The Kier molecular flexibility index (Phi) is 4.29. The highest BCUT2D eigenvalue weighted by molar-refractivity contribution is 5.92. The third-order valence-corrected chi connectivity index (χ3v) is 4.02. The molecule has 2 aromatic heterocycles. The number of pyridine rings is 1. The molecule has 3 heterocycles. The fourth-order valence-electron chi connectivity index (χ4n) is 2.66. The number of β-amino-alcohol motifs (C(OH)–C–C–N with tert-alkyl or cyclic N) is 1. The van der Waals surface area contributed by atoms with Crippen LogP contribution >= 0.6 is 0 Å². The van der Waals surface area contributed by atoms with Crippen LogP contribution in [0.2, 0.25) is 0 Å². The van der Waals surface area contributed by atoms with E-state index in [9.17, 15) is 9.90 Å². The van der Waals surface area contributed by atoms with Gasteiger partial charge >= 0.3 is 0 Å². The van der Waals surface area contributed by atoms with Gasteiger partial charge in [-0.2, -0.15) is 0 Å². The van der Waals surface area contributed by atoms with Gasteiger partial charge < -0.3 is 19.8 Å². The highest BCUT2D eigenvalue weighted by Gasteiger charge is 2.37. The van der Waals surface area contributed by atoms with E-state index in [1.807, 2.05) is 30.0 Å². The summed E-state index contributed by atoms with van der Waals surface area (Å²) < 4.78 is 5.02. The highest BCUT2D eigenvalue weighted by atomic mass is 16.5. The molecular formula is C16H20N4O3. The molecule has 0 radical (unpaired) electrons. The van der Waals surface area contributed by atoms with Crippen LogP contribution in [0.15, 0.2) is 35.0 Å². The Labute approximate surface area is 134 Å². The monoisotopic (exact) mass is 316 g/mol. The van der Waals surface area contributed by atoms with Crippen LogP contribution in [0.4, 0.5) is 5.82 Å². The Hall–Kier alpha value is -2.41. The molecule has 2 aromatic rings. The van der Waals surface area contributed by atoms with Gasteiger partial charge in [0.15, 0.2) is 5.69 Å². The Bertz CT molecular complexity index is 673. The fourth-order valence-corrected chi connectivity index (χ4v) is 2.66. The van der Waals surface area contributed by atoms with Crippen LogP contribution in [0.25, 0.3) is 0 Å². The Morgan fingerprint density at radius 3 is 3.09 bits per heavy atom. The second-order valence-corrected chi connectivity index (χ2v) is 5.80. The molecular weight excluding hydrogens is 296 g/mol. The Balaban J connectivity index is 1.56. The van der Waals surface area contributed by atoms with Gasteiger partial charge in [-0.1, -0.05) is 18.1 Å². The maximum Gasteiger partial charge on any atom is 0.273 e. The summed E-state index contributed by atoms with van der Waals surface area (Å²) in [4.78, 5) is 18.4. The number of hydrogen-bond donors (Lipinski definition) is 2. The smallest absolute Gasteiger partial charge is 0.273 e. The van der Waals surface area contributed by atoms with E-state index >= 15 is 0 Å². The molecule has 1 amide bonds. The van der Waals surface area contributed by atoms with E-state index < -0.39 is 5.60 Å². The number of anilines is 1. The van der Waals surface area contributed by atoms with Crippen molar-refractivity contribution in [3.8, 4) is 0 Å². The maximum absolute atomic E-state index is 12.1. The molecule has 3 rings (SSSR count). The van der Waals surface area contributed by atoms with Crippen molar-refractivity contribution in [1.82, 2.24) is 15.5 Å². The minimum Gasteiger partial charge on any atom is -0.386 e. The zero-order chi connectivity index (χ0) is 16.3. The molecule has 0 saturated carbocycles. The summed E-state index contributed by atoms with van der Waals surface area (Å²) in [6.07, 6.45) is 2.98. The van der Waals surface area contributed by atoms with Crippen LogP contribution in [-0.4, -0.2) is 46.4 Å². The van der Waals surface area contributed by atoms with Gasteiger partial charge in [-0.05, 0) is 18.6 Å². The number of amides is 1. The van der Waals surface area contributed by atoms with Crippen LogP contribution in [0.3, 0.4) is 0 Å². The molecule has 7 heteroatoms. The molecule has 1 atom stereocenters. The molecule has 23 heavy (non-hydrogen) atoms. The summed E-state index contributed by atoms with van der Waals surface area (Å²) in [6, 6.07) is 7.30. The second kappa shape index (κ2) is 6.37. The quantitative estimate of drug-likeness (QED) is 0.855. The molecule has 2 N–H and O–H groups in total. The van der Waals surface area contributed by atoms with Gasteiger partial charge in [-0.15, -0.1) is 0 Å². The van der Waals surface area contributed by atoms with Gasteiger partial charge in [0, 0.05) is 38.3 Å². The zero-order valence-corrected chi connectivity index (χ0v) is 13.0. The standard InChI is InChI=1S/C16H20N4O3/c1-2-12-9-13(19-23-12)15(21)18-10-16(22)6-8-20(11-16)14-5-3-4-7-17-14/h3-5,7,9,22H,2,6,8,10-11H2,1H3,(H,18,21)/t16-/m0/s1. The number of aliphatic hydroxyl groups is 1. The number of aromatic nitrogens is 2. The first-order chi connectivity index (χ1) is 11.1. The van der Waals surface area contributed by atoms with E-state index in [-0.39, 0.29) is 18.1 Å². The molecule has 0 spiro atoms. The van der Waals surface area contributed by atoms with Crippen LogP contribution in [0.1, 0.15) is 29.6 Å². The Morgan fingerprint density at radius 1 is 1.52 bits per heavy atom. The molecule has 1 saturated heterocycles. The summed E-state index contributed by atoms with van der Waals surface area (Å²) in [5.74, 6) is 1.16. The summed E-state index contributed by atoms with van der Waals surface area (Å²) >= 11 is 0. The van der Waals surface area contributed by atoms with Crippen LogP contribution in [0.5, 0.6) is 0 Å². The minimum absolute atomic E-state index is 0.170. The van der Waals surface area contributed by atoms with Crippen molar-refractivity contribution in [1.29, 1.82) is 0 Å². The van der Waals surface area contributed by atoms with Gasteiger partial charge in [-0.3, -0.25) is 4.79 Å². The van der Waals surface area contributed by atoms with Crippen molar-refractivity contribution in [2.75, 3.05) is 24.5 Å². The summed E-state index contributed by atoms with van der Waals surface area (Å²) in [5, 5.41) is 17.1. The summed E-state index contributed by atoms with van der Waals surface area (Å²) in [7, 11) is 0. The fraction of sp³-hybridized carbons (Fsp3) is 0.438. The van der Waals surface area contributed by atoms with Gasteiger partial charge in [0.1, 0.15) is 17.2 Å². The number of rotatable bonds is 5. The van der Waals surface area contributed by atoms with E-state index in [1.54, 1.807) is 12.3 Å².